The number of carbonyl (C=O) groups is 2. The van der Waals surface area contributed by atoms with E-state index in [2.05, 4.69) is 22.5 Å². The Labute approximate surface area is 211 Å². The lowest BCUT2D eigenvalue weighted by molar-refractivity contribution is -0.127. The fourth-order valence-electron chi connectivity index (χ4n) is 6.68. The largest absolute Gasteiger partial charge is 0.450 e. The zero-order valence-corrected chi connectivity index (χ0v) is 20.9. The Morgan fingerprint density at radius 2 is 2.06 bits per heavy atom. The predicted octanol–water partition coefficient (Wildman–Crippen LogP) is 5.30. The number of rotatable bonds is 5. The smallest absolute Gasteiger partial charge is 0.407 e. The molecule has 3 fully saturated rings. The van der Waals surface area contributed by atoms with E-state index >= 15 is 0 Å². The van der Waals surface area contributed by atoms with Crippen LogP contribution in [0.4, 0.5) is 9.18 Å². The average Bonchev–Trinajstić information content (AvgIpc) is 3.15. The average molecular weight is 492 g/mol. The minimum Gasteiger partial charge on any atom is -0.450 e. The van der Waals surface area contributed by atoms with Gasteiger partial charge in [-0.3, -0.25) is 9.78 Å². The third-order valence-electron chi connectivity index (χ3n) is 8.40. The van der Waals surface area contributed by atoms with Crippen LogP contribution in [0.2, 0.25) is 0 Å². The van der Waals surface area contributed by atoms with Gasteiger partial charge in [0.05, 0.1) is 12.3 Å². The number of halogens is 1. The second-order valence-electron chi connectivity index (χ2n) is 10.4. The molecular formula is C29H34FN3O3. The number of hydrogen-bond acceptors (Lipinski definition) is 4. The van der Waals surface area contributed by atoms with Crippen molar-refractivity contribution in [1.29, 1.82) is 0 Å². The number of pyridine rings is 1. The fraction of sp³-hybridized carbons (Fsp3) is 0.483. The van der Waals surface area contributed by atoms with E-state index in [1.165, 1.54) is 12.1 Å². The van der Waals surface area contributed by atoms with Crippen molar-refractivity contribution in [2.45, 2.75) is 51.1 Å². The first-order chi connectivity index (χ1) is 17.4. The highest BCUT2D eigenvalue weighted by atomic mass is 19.1. The van der Waals surface area contributed by atoms with Gasteiger partial charge >= 0.3 is 6.09 Å². The number of hydrogen-bond donors (Lipinski definition) is 1. The summed E-state index contributed by atoms with van der Waals surface area (Å²) in [5.41, 5.74) is 2.53. The molecule has 0 radical (unpaired) electrons. The van der Waals surface area contributed by atoms with E-state index in [4.69, 9.17) is 4.74 Å². The normalized spacial score (nSPS) is 29.6. The quantitative estimate of drug-likeness (QED) is 0.616. The van der Waals surface area contributed by atoms with Crippen molar-refractivity contribution in [3.8, 4) is 11.1 Å². The molecule has 2 aliphatic carbocycles. The van der Waals surface area contributed by atoms with E-state index in [0.717, 1.165) is 42.5 Å². The molecule has 36 heavy (non-hydrogen) atoms. The van der Waals surface area contributed by atoms with Gasteiger partial charge in [-0.1, -0.05) is 24.3 Å². The monoisotopic (exact) mass is 491 g/mol. The molecule has 1 aliphatic heterocycles. The Morgan fingerprint density at radius 3 is 2.81 bits per heavy atom. The molecule has 2 amide bonds. The summed E-state index contributed by atoms with van der Waals surface area (Å²) >= 11 is 0. The maximum Gasteiger partial charge on any atom is 0.407 e. The van der Waals surface area contributed by atoms with Crippen LogP contribution in [0.25, 0.3) is 17.2 Å². The topological polar surface area (TPSA) is 71.5 Å². The number of carbonyl (C=O) groups excluding carboxylic acids is 2. The van der Waals surface area contributed by atoms with Crippen molar-refractivity contribution in [3.05, 3.63) is 60.2 Å². The number of ether oxygens (including phenoxy) is 1. The Hall–Kier alpha value is -3.22. The number of alkyl carbamates (subject to hydrolysis) is 1. The summed E-state index contributed by atoms with van der Waals surface area (Å²) in [6, 6.07) is 10.8. The van der Waals surface area contributed by atoms with Crippen LogP contribution in [-0.2, 0) is 9.53 Å². The molecule has 1 saturated heterocycles. The third kappa shape index (κ3) is 5.01. The van der Waals surface area contributed by atoms with E-state index in [1.807, 2.05) is 37.1 Å². The highest BCUT2D eigenvalue weighted by molar-refractivity contribution is 5.79. The van der Waals surface area contributed by atoms with Gasteiger partial charge in [0.1, 0.15) is 5.82 Å². The summed E-state index contributed by atoms with van der Waals surface area (Å²) in [5.74, 6) is 1.48. The molecule has 1 aromatic carbocycles. The van der Waals surface area contributed by atoms with Gasteiger partial charge in [-0.15, -0.1) is 0 Å². The molecule has 1 N–H and O–H groups in total. The van der Waals surface area contributed by atoms with Crippen molar-refractivity contribution in [1.82, 2.24) is 15.2 Å². The molecule has 2 aromatic rings. The molecule has 5 rings (SSSR count). The van der Waals surface area contributed by atoms with Crippen LogP contribution >= 0.6 is 0 Å². The molecule has 1 aromatic heterocycles. The van der Waals surface area contributed by atoms with E-state index < -0.39 is 0 Å². The molecule has 2 saturated carbocycles. The molecular weight excluding hydrogens is 457 g/mol. The SMILES string of the molecule is CCOC(=O)NC1CCC2C(C1)CC1C(CC(=O)N1C)C2C=Cc1ccc(-c2cccc(F)c2)cn1. The molecule has 3 aliphatic rings. The molecule has 0 bridgehead atoms. The minimum atomic E-state index is -0.341. The van der Waals surface area contributed by atoms with E-state index in [-0.39, 0.29) is 35.8 Å². The summed E-state index contributed by atoms with van der Waals surface area (Å²) in [4.78, 5) is 31.2. The summed E-state index contributed by atoms with van der Waals surface area (Å²) in [6.07, 6.45) is 10.2. The molecule has 6 unspecified atom stereocenters. The van der Waals surface area contributed by atoms with E-state index in [9.17, 15) is 14.0 Å². The van der Waals surface area contributed by atoms with Crippen LogP contribution in [0.3, 0.4) is 0 Å². The number of amides is 2. The summed E-state index contributed by atoms with van der Waals surface area (Å²) in [6.45, 7) is 2.18. The highest BCUT2D eigenvalue weighted by Crippen LogP contribution is 2.51. The second kappa shape index (κ2) is 10.4. The Morgan fingerprint density at radius 1 is 1.19 bits per heavy atom. The zero-order valence-electron chi connectivity index (χ0n) is 20.9. The predicted molar refractivity (Wildman–Crippen MR) is 136 cm³/mol. The number of aromatic nitrogens is 1. The van der Waals surface area contributed by atoms with Crippen LogP contribution in [0.1, 0.15) is 44.7 Å². The summed E-state index contributed by atoms with van der Waals surface area (Å²) < 4.78 is 18.7. The van der Waals surface area contributed by atoms with Crippen LogP contribution in [-0.4, -0.2) is 47.6 Å². The van der Waals surface area contributed by atoms with Gasteiger partial charge in [-0.2, -0.15) is 0 Å². The maximum absolute atomic E-state index is 13.6. The van der Waals surface area contributed by atoms with Gasteiger partial charge in [0.25, 0.3) is 0 Å². The Balaban J connectivity index is 1.33. The van der Waals surface area contributed by atoms with Crippen molar-refractivity contribution in [2.24, 2.45) is 23.7 Å². The van der Waals surface area contributed by atoms with Crippen LogP contribution in [0.5, 0.6) is 0 Å². The van der Waals surface area contributed by atoms with Gasteiger partial charge in [0.15, 0.2) is 0 Å². The van der Waals surface area contributed by atoms with Crippen LogP contribution in [0, 0.1) is 29.5 Å². The second-order valence-corrected chi connectivity index (χ2v) is 10.4. The Kier molecular flexibility index (Phi) is 7.08. The fourth-order valence-corrected chi connectivity index (χ4v) is 6.68. The van der Waals surface area contributed by atoms with Crippen LogP contribution < -0.4 is 5.32 Å². The molecule has 6 nitrogen and oxygen atoms in total. The first-order valence-corrected chi connectivity index (χ1v) is 13.0. The van der Waals surface area contributed by atoms with Crippen molar-refractivity contribution in [2.75, 3.05) is 13.7 Å². The van der Waals surface area contributed by atoms with Crippen molar-refractivity contribution in [3.63, 3.8) is 0 Å². The number of benzene rings is 1. The van der Waals surface area contributed by atoms with Crippen LogP contribution in [0.15, 0.2) is 48.7 Å². The molecule has 190 valence electrons. The lowest BCUT2D eigenvalue weighted by Crippen LogP contribution is -2.50. The molecule has 0 spiro atoms. The number of nitrogens with one attached hydrogen (secondary N) is 1. The standard InChI is InChI=1S/C29H34FN3O3/c1-3-36-29(35)32-23-10-11-24-20(14-23)15-27-26(16-28(34)33(27)2)25(24)12-9-22-8-7-19(17-31-22)18-5-4-6-21(30)13-18/h4-9,12-13,17,20,23-27H,3,10-11,14-16H2,1-2H3,(H,32,35). The number of nitrogens with zero attached hydrogens (tertiary/aromatic N) is 2. The first kappa shape index (κ1) is 24.5. The van der Waals surface area contributed by atoms with Gasteiger partial charge in [0.2, 0.25) is 5.91 Å². The highest BCUT2D eigenvalue weighted by Gasteiger charge is 2.51. The lowest BCUT2D eigenvalue weighted by Gasteiger charge is -2.49. The third-order valence-corrected chi connectivity index (χ3v) is 8.40. The lowest BCUT2D eigenvalue weighted by atomic mass is 9.59. The van der Waals surface area contributed by atoms with Gasteiger partial charge < -0.3 is 15.0 Å². The number of likely N-dealkylation sites (tertiary alicyclic amines) is 1. The van der Waals surface area contributed by atoms with Crippen molar-refractivity contribution >= 4 is 18.1 Å². The molecule has 7 heteroatoms. The summed E-state index contributed by atoms with van der Waals surface area (Å²) in [5, 5.41) is 3.03. The van der Waals surface area contributed by atoms with E-state index in [0.29, 0.717) is 30.8 Å². The van der Waals surface area contributed by atoms with E-state index in [1.54, 1.807) is 12.3 Å². The number of allylic oxidation sites excluding steroid dienone is 1. The molecule has 2 heterocycles. The first-order valence-electron chi connectivity index (χ1n) is 13.0. The molecule has 6 atom stereocenters. The number of fused-ring (bicyclic) bond motifs is 2. The Bertz CT molecular complexity index is 1130. The zero-order chi connectivity index (χ0) is 25.2. The van der Waals surface area contributed by atoms with Gasteiger partial charge in [-0.25, -0.2) is 9.18 Å². The summed E-state index contributed by atoms with van der Waals surface area (Å²) in [7, 11) is 1.93. The van der Waals surface area contributed by atoms with Gasteiger partial charge in [0, 0.05) is 37.3 Å². The minimum absolute atomic E-state index is 0.117. The van der Waals surface area contributed by atoms with Crippen molar-refractivity contribution < 1.29 is 18.7 Å². The maximum atomic E-state index is 13.6. The van der Waals surface area contributed by atoms with Gasteiger partial charge in [-0.05, 0) is 86.1 Å².